The molecule has 3 rings (SSSR count). The van der Waals surface area contributed by atoms with Crippen LogP contribution in [0.25, 0.3) is 11.0 Å². The fourth-order valence-corrected chi connectivity index (χ4v) is 2.71. The van der Waals surface area contributed by atoms with Crippen molar-refractivity contribution >= 4 is 16.9 Å². The summed E-state index contributed by atoms with van der Waals surface area (Å²) in [6.07, 6.45) is 5.58. The Morgan fingerprint density at radius 2 is 2.16 bits per heavy atom. The number of fused-ring (bicyclic) bond motifs is 1. The van der Waals surface area contributed by atoms with Crippen molar-refractivity contribution in [2.24, 2.45) is 5.92 Å². The fourth-order valence-electron chi connectivity index (χ4n) is 2.71. The predicted octanol–water partition coefficient (Wildman–Crippen LogP) is 2.50. The van der Waals surface area contributed by atoms with Gasteiger partial charge in [-0.15, -0.1) is 0 Å². The first kappa shape index (κ1) is 12.1. The Hall–Kier alpha value is -1.97. The lowest BCUT2D eigenvalue weighted by Gasteiger charge is -2.31. The number of benzene rings is 1. The van der Waals surface area contributed by atoms with Crippen LogP contribution in [-0.2, 0) is 0 Å². The molecule has 0 aliphatic carbocycles. The van der Waals surface area contributed by atoms with Gasteiger partial charge in [0.25, 0.3) is 5.91 Å². The van der Waals surface area contributed by atoms with Gasteiger partial charge in [-0.3, -0.25) is 14.8 Å². The molecule has 4 heteroatoms. The molecule has 1 atom stereocenters. The highest BCUT2D eigenvalue weighted by molar-refractivity contribution is 6.04. The lowest BCUT2D eigenvalue weighted by Crippen LogP contribution is -2.39. The van der Waals surface area contributed by atoms with Gasteiger partial charge >= 0.3 is 0 Å². The zero-order valence-corrected chi connectivity index (χ0v) is 11.0. The Kier molecular flexibility index (Phi) is 3.15. The summed E-state index contributed by atoms with van der Waals surface area (Å²) in [6, 6.07) is 5.61. The topological polar surface area (TPSA) is 46.1 Å². The second-order valence-electron chi connectivity index (χ2n) is 5.23. The Balaban J connectivity index is 1.97. The van der Waals surface area contributed by atoms with Crippen molar-refractivity contribution in [1.29, 1.82) is 0 Å². The minimum atomic E-state index is 0.0812. The number of amides is 1. The van der Waals surface area contributed by atoms with Crippen LogP contribution in [0.5, 0.6) is 0 Å². The van der Waals surface area contributed by atoms with E-state index in [0.29, 0.717) is 17.0 Å². The van der Waals surface area contributed by atoms with Crippen LogP contribution in [0.15, 0.2) is 30.6 Å². The van der Waals surface area contributed by atoms with E-state index in [9.17, 15) is 4.79 Å². The molecular weight excluding hydrogens is 238 g/mol. The van der Waals surface area contributed by atoms with Gasteiger partial charge in [0.2, 0.25) is 0 Å². The van der Waals surface area contributed by atoms with Crippen molar-refractivity contribution in [2.75, 3.05) is 13.1 Å². The molecule has 1 aliphatic heterocycles. The minimum Gasteiger partial charge on any atom is -0.338 e. The van der Waals surface area contributed by atoms with Crippen LogP contribution < -0.4 is 0 Å². The smallest absolute Gasteiger partial charge is 0.256 e. The van der Waals surface area contributed by atoms with Crippen molar-refractivity contribution in [3.05, 3.63) is 36.2 Å². The number of aromatic nitrogens is 2. The van der Waals surface area contributed by atoms with Gasteiger partial charge in [-0.2, -0.15) is 0 Å². The van der Waals surface area contributed by atoms with Gasteiger partial charge in [0.05, 0.1) is 11.1 Å². The molecule has 4 nitrogen and oxygen atoms in total. The fraction of sp³-hybridized carbons (Fsp3) is 0.400. The molecule has 1 fully saturated rings. The van der Waals surface area contributed by atoms with E-state index in [4.69, 9.17) is 0 Å². The molecule has 1 aromatic carbocycles. The number of rotatable bonds is 1. The van der Waals surface area contributed by atoms with Gasteiger partial charge in [0.1, 0.15) is 5.52 Å². The molecule has 0 spiro atoms. The average molecular weight is 255 g/mol. The second-order valence-corrected chi connectivity index (χ2v) is 5.23. The summed E-state index contributed by atoms with van der Waals surface area (Å²) in [5, 5.41) is 0. The monoisotopic (exact) mass is 255 g/mol. The summed E-state index contributed by atoms with van der Waals surface area (Å²) < 4.78 is 0. The van der Waals surface area contributed by atoms with E-state index in [2.05, 4.69) is 16.9 Å². The quantitative estimate of drug-likeness (QED) is 0.786. The third-order valence-electron chi connectivity index (χ3n) is 3.67. The van der Waals surface area contributed by atoms with Crippen LogP contribution in [0, 0.1) is 5.92 Å². The van der Waals surface area contributed by atoms with Crippen molar-refractivity contribution in [1.82, 2.24) is 14.9 Å². The van der Waals surface area contributed by atoms with E-state index in [1.54, 1.807) is 12.4 Å². The van der Waals surface area contributed by atoms with Crippen molar-refractivity contribution in [2.45, 2.75) is 19.8 Å². The first-order valence-corrected chi connectivity index (χ1v) is 6.74. The molecule has 0 bridgehead atoms. The molecule has 1 saturated heterocycles. The number of likely N-dealkylation sites (tertiary alicyclic amines) is 1. The largest absolute Gasteiger partial charge is 0.338 e. The van der Waals surface area contributed by atoms with Crippen molar-refractivity contribution < 1.29 is 4.79 Å². The van der Waals surface area contributed by atoms with E-state index in [0.717, 1.165) is 25.0 Å². The number of hydrogen-bond acceptors (Lipinski definition) is 3. The van der Waals surface area contributed by atoms with Crippen LogP contribution >= 0.6 is 0 Å². The maximum Gasteiger partial charge on any atom is 0.256 e. The highest BCUT2D eigenvalue weighted by Gasteiger charge is 2.23. The zero-order valence-electron chi connectivity index (χ0n) is 11.0. The molecule has 1 aromatic heterocycles. The summed E-state index contributed by atoms with van der Waals surface area (Å²) in [5.74, 6) is 0.663. The molecule has 2 aromatic rings. The van der Waals surface area contributed by atoms with E-state index >= 15 is 0 Å². The van der Waals surface area contributed by atoms with Gasteiger partial charge in [-0.25, -0.2) is 0 Å². The second kappa shape index (κ2) is 4.96. The van der Waals surface area contributed by atoms with Crippen molar-refractivity contribution in [3.63, 3.8) is 0 Å². The van der Waals surface area contributed by atoms with E-state index in [-0.39, 0.29) is 5.91 Å². The van der Waals surface area contributed by atoms with Crippen LogP contribution in [0.3, 0.4) is 0 Å². The van der Waals surface area contributed by atoms with Gasteiger partial charge < -0.3 is 4.90 Å². The first-order valence-electron chi connectivity index (χ1n) is 6.74. The minimum absolute atomic E-state index is 0.0812. The lowest BCUT2D eigenvalue weighted by atomic mass is 9.99. The maximum absolute atomic E-state index is 12.6. The Morgan fingerprint density at radius 3 is 3.00 bits per heavy atom. The summed E-state index contributed by atoms with van der Waals surface area (Å²) >= 11 is 0. The summed E-state index contributed by atoms with van der Waals surface area (Å²) in [5.41, 5.74) is 2.14. The number of carbonyl (C=O) groups is 1. The Bertz CT molecular complexity index is 606. The molecule has 1 amide bonds. The van der Waals surface area contributed by atoms with Gasteiger partial charge in [-0.05, 0) is 30.9 Å². The molecule has 0 radical (unpaired) electrons. The number of hydrogen-bond donors (Lipinski definition) is 0. The van der Waals surface area contributed by atoms with Gasteiger partial charge in [0, 0.05) is 25.5 Å². The number of nitrogens with zero attached hydrogens (tertiary/aromatic N) is 3. The van der Waals surface area contributed by atoms with E-state index in [1.807, 2.05) is 23.1 Å². The molecule has 0 N–H and O–H groups in total. The van der Waals surface area contributed by atoms with Crippen LogP contribution in [0.2, 0.25) is 0 Å². The number of para-hydroxylation sites is 1. The predicted molar refractivity (Wildman–Crippen MR) is 73.8 cm³/mol. The molecule has 1 unspecified atom stereocenters. The molecule has 19 heavy (non-hydrogen) atoms. The first-order chi connectivity index (χ1) is 9.25. The van der Waals surface area contributed by atoms with Crippen LogP contribution in [-0.4, -0.2) is 33.9 Å². The number of carbonyl (C=O) groups excluding carboxylic acids is 1. The van der Waals surface area contributed by atoms with E-state index < -0.39 is 0 Å². The highest BCUT2D eigenvalue weighted by atomic mass is 16.2. The molecular formula is C15H17N3O. The van der Waals surface area contributed by atoms with Crippen LogP contribution in [0.4, 0.5) is 0 Å². The molecule has 0 saturated carbocycles. The standard InChI is InChI=1S/C15H17N3O/c1-11-4-3-9-18(10-11)15(19)12-5-2-6-13-14(12)17-8-7-16-13/h2,5-8,11H,3-4,9-10H2,1H3. The summed E-state index contributed by atoms with van der Waals surface area (Å²) in [7, 11) is 0. The number of piperidine rings is 1. The van der Waals surface area contributed by atoms with Crippen LogP contribution in [0.1, 0.15) is 30.1 Å². The third-order valence-corrected chi connectivity index (χ3v) is 3.67. The van der Waals surface area contributed by atoms with Gasteiger partial charge in [0.15, 0.2) is 0 Å². The SMILES string of the molecule is CC1CCCN(C(=O)c2cccc3nccnc23)C1. The molecule has 98 valence electrons. The lowest BCUT2D eigenvalue weighted by molar-refractivity contribution is 0.0685. The summed E-state index contributed by atoms with van der Waals surface area (Å²) in [4.78, 5) is 23.1. The zero-order chi connectivity index (χ0) is 13.2. The van der Waals surface area contributed by atoms with Crippen molar-refractivity contribution in [3.8, 4) is 0 Å². The maximum atomic E-state index is 12.6. The van der Waals surface area contributed by atoms with E-state index in [1.165, 1.54) is 6.42 Å². The average Bonchev–Trinajstić information content (AvgIpc) is 2.46. The Labute approximate surface area is 112 Å². The summed E-state index contributed by atoms with van der Waals surface area (Å²) in [6.45, 7) is 3.89. The normalized spacial score (nSPS) is 19.6. The van der Waals surface area contributed by atoms with Gasteiger partial charge in [-0.1, -0.05) is 13.0 Å². The Morgan fingerprint density at radius 1 is 1.32 bits per heavy atom. The third kappa shape index (κ3) is 2.30. The highest BCUT2D eigenvalue weighted by Crippen LogP contribution is 2.21. The molecule has 2 heterocycles. The molecule has 1 aliphatic rings.